The van der Waals surface area contributed by atoms with Crippen molar-refractivity contribution in [3.8, 4) is 6.07 Å². The van der Waals surface area contributed by atoms with Crippen LogP contribution in [0.1, 0.15) is 12.0 Å². The third-order valence-corrected chi connectivity index (χ3v) is 3.48. The molecule has 0 saturated carbocycles. The molecule has 1 aliphatic heterocycles. The van der Waals surface area contributed by atoms with Gasteiger partial charge in [-0.15, -0.1) is 0 Å². The summed E-state index contributed by atoms with van der Waals surface area (Å²) in [6, 6.07) is 7.27. The zero-order valence-electron chi connectivity index (χ0n) is 9.98. The molecule has 6 heteroatoms. The van der Waals surface area contributed by atoms with Crippen molar-refractivity contribution in [3.05, 3.63) is 28.8 Å². The van der Waals surface area contributed by atoms with E-state index in [1.165, 1.54) is 0 Å². The van der Waals surface area contributed by atoms with E-state index in [1.54, 1.807) is 30.0 Å². The lowest BCUT2D eigenvalue weighted by atomic mass is 10.2. The molecule has 4 nitrogen and oxygen atoms in total. The van der Waals surface area contributed by atoms with Crippen molar-refractivity contribution >= 4 is 34.2 Å². The number of nitrogens with zero attached hydrogens (tertiary/aromatic N) is 3. The summed E-state index contributed by atoms with van der Waals surface area (Å²) in [5, 5.41) is 12.5. The maximum absolute atomic E-state index is 9.08. The Labute approximate surface area is 116 Å². The molecule has 0 unspecified atom stereocenters. The monoisotopic (exact) mass is 280 g/mol. The third kappa shape index (κ3) is 2.96. The summed E-state index contributed by atoms with van der Waals surface area (Å²) in [4.78, 5) is 4.53. The average Bonchev–Trinajstić information content (AvgIpc) is 2.91. The highest BCUT2D eigenvalue weighted by Gasteiger charge is 2.15. The number of hydrogen-bond donors (Lipinski definition) is 1. The third-order valence-electron chi connectivity index (χ3n) is 2.57. The summed E-state index contributed by atoms with van der Waals surface area (Å²) in [6.07, 6.45) is 3.08. The van der Waals surface area contributed by atoms with Gasteiger partial charge in [0.1, 0.15) is 6.07 Å². The van der Waals surface area contributed by atoms with Crippen molar-refractivity contribution in [2.45, 2.75) is 6.42 Å². The molecule has 0 radical (unpaired) electrons. The fourth-order valence-corrected chi connectivity index (χ4v) is 2.45. The molecule has 0 bridgehead atoms. The normalized spacial score (nSPS) is 15.8. The lowest BCUT2D eigenvalue weighted by molar-refractivity contribution is 0.412. The van der Waals surface area contributed by atoms with Crippen LogP contribution < -0.4 is 5.43 Å². The van der Waals surface area contributed by atoms with E-state index in [1.807, 2.05) is 11.3 Å². The van der Waals surface area contributed by atoms with E-state index in [-0.39, 0.29) is 0 Å². The van der Waals surface area contributed by atoms with Crippen LogP contribution in [0.4, 0.5) is 5.69 Å². The van der Waals surface area contributed by atoms with Crippen LogP contribution >= 0.6 is 23.4 Å². The molecule has 0 aliphatic carbocycles. The first-order valence-electron chi connectivity index (χ1n) is 5.58. The highest BCUT2D eigenvalue weighted by atomic mass is 35.5. The minimum Gasteiger partial charge on any atom is -0.287 e. The molecule has 0 spiro atoms. The Morgan fingerprint density at radius 1 is 1.61 bits per heavy atom. The molecular formula is C12H13ClN4S. The fraction of sp³-hybridized carbons (Fsp3) is 0.333. The van der Waals surface area contributed by atoms with Gasteiger partial charge in [0.05, 0.1) is 11.3 Å². The van der Waals surface area contributed by atoms with Gasteiger partial charge in [0.25, 0.3) is 0 Å². The maximum Gasteiger partial charge on any atom is 0.178 e. The predicted octanol–water partition coefficient (Wildman–Crippen LogP) is 2.77. The Balaban J connectivity index is 2.32. The molecule has 1 aliphatic rings. The van der Waals surface area contributed by atoms with Gasteiger partial charge in [-0.05, 0) is 30.9 Å². The summed E-state index contributed by atoms with van der Waals surface area (Å²) in [6.45, 7) is 1.90. The van der Waals surface area contributed by atoms with Crippen molar-refractivity contribution in [1.82, 2.24) is 10.4 Å². The number of hydrazine groups is 1. The van der Waals surface area contributed by atoms with E-state index in [0.29, 0.717) is 16.3 Å². The van der Waals surface area contributed by atoms with Gasteiger partial charge in [0.15, 0.2) is 5.17 Å². The van der Waals surface area contributed by atoms with Crippen LogP contribution in [0.5, 0.6) is 0 Å². The SMILES string of the molecule is CSC(=Nc1ccc(Cl)cc1C#N)N1CCCN1. The minimum absolute atomic E-state index is 0.494. The number of benzene rings is 1. The summed E-state index contributed by atoms with van der Waals surface area (Å²) >= 11 is 7.42. The largest absolute Gasteiger partial charge is 0.287 e. The number of aliphatic imine (C=N–C) groups is 1. The number of nitriles is 1. The molecule has 18 heavy (non-hydrogen) atoms. The molecule has 1 aromatic rings. The second kappa shape index (κ2) is 6.10. The molecule has 0 aromatic heterocycles. The zero-order valence-corrected chi connectivity index (χ0v) is 11.6. The van der Waals surface area contributed by atoms with E-state index in [4.69, 9.17) is 16.9 Å². The van der Waals surface area contributed by atoms with Crippen molar-refractivity contribution in [3.63, 3.8) is 0 Å². The number of halogens is 1. The van der Waals surface area contributed by atoms with Crippen LogP contribution in [-0.2, 0) is 0 Å². The molecule has 1 heterocycles. The molecular weight excluding hydrogens is 268 g/mol. The van der Waals surface area contributed by atoms with Gasteiger partial charge in [-0.25, -0.2) is 10.4 Å². The van der Waals surface area contributed by atoms with Crippen LogP contribution in [0.25, 0.3) is 0 Å². The highest BCUT2D eigenvalue weighted by molar-refractivity contribution is 8.13. The first kappa shape index (κ1) is 13.2. The Morgan fingerprint density at radius 3 is 3.06 bits per heavy atom. The van der Waals surface area contributed by atoms with Gasteiger partial charge in [0, 0.05) is 18.1 Å². The smallest absolute Gasteiger partial charge is 0.178 e. The summed E-state index contributed by atoms with van der Waals surface area (Å²) < 4.78 is 0. The van der Waals surface area contributed by atoms with Crippen LogP contribution in [0, 0.1) is 11.3 Å². The first-order valence-corrected chi connectivity index (χ1v) is 7.18. The van der Waals surface area contributed by atoms with Crippen LogP contribution in [0.3, 0.4) is 0 Å². The van der Waals surface area contributed by atoms with Crippen LogP contribution in [-0.4, -0.2) is 29.5 Å². The molecule has 94 valence electrons. The lowest BCUT2D eigenvalue weighted by Crippen LogP contribution is -2.34. The Bertz CT molecular complexity index is 503. The molecule has 0 atom stereocenters. The summed E-state index contributed by atoms with van der Waals surface area (Å²) in [7, 11) is 0. The lowest BCUT2D eigenvalue weighted by Gasteiger charge is -2.18. The molecule has 1 fully saturated rings. The van der Waals surface area contributed by atoms with E-state index in [0.717, 1.165) is 24.7 Å². The number of hydrogen-bond acceptors (Lipinski definition) is 4. The number of nitrogens with one attached hydrogen (secondary N) is 1. The van der Waals surface area contributed by atoms with Gasteiger partial charge < -0.3 is 0 Å². The molecule has 2 rings (SSSR count). The van der Waals surface area contributed by atoms with Gasteiger partial charge in [0.2, 0.25) is 0 Å². The van der Waals surface area contributed by atoms with E-state index >= 15 is 0 Å². The molecule has 1 saturated heterocycles. The van der Waals surface area contributed by atoms with E-state index in [2.05, 4.69) is 16.5 Å². The fourth-order valence-electron chi connectivity index (χ4n) is 1.71. The zero-order chi connectivity index (χ0) is 13.0. The number of rotatable bonds is 1. The Hall–Kier alpha value is -1.22. The Kier molecular flexibility index (Phi) is 4.48. The molecule has 1 aromatic carbocycles. The quantitative estimate of drug-likeness (QED) is 0.635. The number of thioether (sulfide) groups is 1. The van der Waals surface area contributed by atoms with Crippen LogP contribution in [0.2, 0.25) is 5.02 Å². The first-order chi connectivity index (χ1) is 8.74. The van der Waals surface area contributed by atoms with E-state index < -0.39 is 0 Å². The van der Waals surface area contributed by atoms with Gasteiger partial charge in [-0.1, -0.05) is 23.4 Å². The molecule has 0 amide bonds. The average molecular weight is 281 g/mol. The number of amidine groups is 1. The summed E-state index contributed by atoms with van der Waals surface area (Å²) in [5.41, 5.74) is 4.40. The van der Waals surface area contributed by atoms with Crippen molar-refractivity contribution < 1.29 is 0 Å². The second-order valence-corrected chi connectivity index (χ2v) is 4.99. The van der Waals surface area contributed by atoms with Crippen molar-refractivity contribution in [2.24, 2.45) is 4.99 Å². The van der Waals surface area contributed by atoms with Crippen LogP contribution in [0.15, 0.2) is 23.2 Å². The van der Waals surface area contributed by atoms with E-state index in [9.17, 15) is 0 Å². The van der Waals surface area contributed by atoms with Gasteiger partial charge in [-0.3, -0.25) is 5.01 Å². The van der Waals surface area contributed by atoms with Gasteiger partial charge >= 0.3 is 0 Å². The minimum atomic E-state index is 0.494. The summed E-state index contributed by atoms with van der Waals surface area (Å²) in [5.74, 6) is 0. The van der Waals surface area contributed by atoms with Crippen molar-refractivity contribution in [1.29, 1.82) is 5.26 Å². The Morgan fingerprint density at radius 2 is 2.44 bits per heavy atom. The van der Waals surface area contributed by atoms with Crippen molar-refractivity contribution in [2.75, 3.05) is 19.3 Å². The topological polar surface area (TPSA) is 51.4 Å². The second-order valence-electron chi connectivity index (χ2n) is 3.79. The van der Waals surface area contributed by atoms with Gasteiger partial charge in [-0.2, -0.15) is 5.26 Å². The highest BCUT2D eigenvalue weighted by Crippen LogP contribution is 2.24. The maximum atomic E-state index is 9.08. The molecule has 1 N–H and O–H groups in total. The standard InChI is InChI=1S/C12H13ClN4S/c1-18-12(17-6-2-5-15-17)16-11-4-3-10(13)7-9(11)8-14/h3-4,7,15H,2,5-6H2,1H3. The predicted molar refractivity (Wildman–Crippen MR) is 76.1 cm³/mol.